The Balaban J connectivity index is 1.35. The van der Waals surface area contributed by atoms with Crippen molar-refractivity contribution in [1.29, 1.82) is 0 Å². The Kier molecular flexibility index (Phi) is 6.62. The number of aromatic nitrogens is 3. The number of alkyl halides is 1. The first-order valence-corrected chi connectivity index (χ1v) is 12.6. The van der Waals surface area contributed by atoms with E-state index in [2.05, 4.69) is 15.4 Å². The molecule has 1 aliphatic heterocycles. The number of aliphatic hydroxyl groups is 1. The first-order chi connectivity index (χ1) is 17.2. The minimum Gasteiger partial charge on any atom is -0.385 e. The number of anilines is 1. The van der Waals surface area contributed by atoms with Crippen LogP contribution in [0.15, 0.2) is 23.7 Å². The molecular weight excluding hydrogens is 495 g/mol. The van der Waals surface area contributed by atoms with Crippen LogP contribution in [0.5, 0.6) is 0 Å². The minimum absolute atomic E-state index is 0.00351. The van der Waals surface area contributed by atoms with Crippen molar-refractivity contribution in [2.75, 3.05) is 11.9 Å². The van der Waals surface area contributed by atoms with Crippen LogP contribution in [-0.2, 0) is 17.4 Å². The maximum absolute atomic E-state index is 14.8. The summed E-state index contributed by atoms with van der Waals surface area (Å²) < 4.78 is 50.9. The SMILES string of the molecule is Cn1ncc(NC(=O)c2csc(-c3c(F)cc(C4(O)CCC4)cc3F)n2)c1[C@H]1CC[C@@H](N)[C@@H](F)CO1. The van der Waals surface area contributed by atoms with Gasteiger partial charge in [0.15, 0.2) is 0 Å². The number of nitrogens with zero attached hydrogens (tertiary/aromatic N) is 3. The normalized spacial score (nSPS) is 23.7. The summed E-state index contributed by atoms with van der Waals surface area (Å²) in [5, 5.41) is 18.7. The van der Waals surface area contributed by atoms with E-state index in [1.807, 2.05) is 0 Å². The molecule has 0 radical (unpaired) electrons. The maximum atomic E-state index is 14.8. The topological polar surface area (TPSA) is 115 Å². The molecule has 0 spiro atoms. The molecule has 0 unspecified atom stereocenters. The molecule has 3 atom stereocenters. The van der Waals surface area contributed by atoms with E-state index < -0.39 is 41.5 Å². The summed E-state index contributed by atoms with van der Waals surface area (Å²) in [5.74, 6) is -2.30. The summed E-state index contributed by atoms with van der Waals surface area (Å²) in [7, 11) is 1.68. The van der Waals surface area contributed by atoms with Crippen LogP contribution < -0.4 is 11.1 Å². The van der Waals surface area contributed by atoms with Gasteiger partial charge in [0.1, 0.15) is 34.6 Å². The number of nitrogens with one attached hydrogen (secondary N) is 1. The van der Waals surface area contributed by atoms with E-state index >= 15 is 0 Å². The van der Waals surface area contributed by atoms with E-state index in [-0.39, 0.29) is 28.4 Å². The van der Waals surface area contributed by atoms with Gasteiger partial charge in [-0.25, -0.2) is 18.2 Å². The fraction of sp³-hybridized carbons (Fsp3) is 0.458. The van der Waals surface area contributed by atoms with Crippen molar-refractivity contribution in [2.24, 2.45) is 12.8 Å². The quantitative estimate of drug-likeness (QED) is 0.468. The number of rotatable bonds is 5. The van der Waals surface area contributed by atoms with Gasteiger partial charge in [0, 0.05) is 18.5 Å². The third-order valence-electron chi connectivity index (χ3n) is 6.93. The van der Waals surface area contributed by atoms with E-state index in [1.54, 1.807) is 11.7 Å². The minimum atomic E-state index is -1.28. The highest BCUT2D eigenvalue weighted by Gasteiger charge is 2.37. The highest BCUT2D eigenvalue weighted by Crippen LogP contribution is 2.43. The lowest BCUT2D eigenvalue weighted by molar-refractivity contribution is -0.0392. The first kappa shape index (κ1) is 24.9. The van der Waals surface area contributed by atoms with Crippen molar-refractivity contribution in [3.8, 4) is 10.6 Å². The fourth-order valence-corrected chi connectivity index (χ4v) is 5.45. The lowest BCUT2D eigenvalue weighted by Crippen LogP contribution is -2.33. The number of benzene rings is 1. The van der Waals surface area contributed by atoms with Crippen molar-refractivity contribution in [3.05, 3.63) is 52.3 Å². The number of carbonyl (C=O) groups excluding carboxylic acids is 1. The molecule has 1 saturated carbocycles. The summed E-state index contributed by atoms with van der Waals surface area (Å²) in [5.41, 5.74) is 5.36. The third-order valence-corrected chi connectivity index (χ3v) is 7.79. The molecule has 192 valence electrons. The lowest BCUT2D eigenvalue weighted by atomic mass is 9.75. The van der Waals surface area contributed by atoms with E-state index in [0.29, 0.717) is 37.1 Å². The number of aryl methyl sites for hydroxylation is 1. The van der Waals surface area contributed by atoms with Crippen LogP contribution in [0.25, 0.3) is 10.6 Å². The molecule has 2 aromatic heterocycles. The Labute approximate surface area is 209 Å². The smallest absolute Gasteiger partial charge is 0.275 e. The molecule has 4 N–H and O–H groups in total. The molecule has 12 heteroatoms. The van der Waals surface area contributed by atoms with Crippen LogP contribution in [0.2, 0.25) is 0 Å². The summed E-state index contributed by atoms with van der Waals surface area (Å²) in [6, 6.07) is 1.63. The number of hydrogen-bond donors (Lipinski definition) is 3. The largest absolute Gasteiger partial charge is 0.385 e. The Hall–Kier alpha value is -2.80. The van der Waals surface area contributed by atoms with Crippen LogP contribution in [0.4, 0.5) is 18.9 Å². The molecule has 3 heterocycles. The zero-order chi connectivity index (χ0) is 25.6. The Morgan fingerprint density at radius 1 is 1.31 bits per heavy atom. The van der Waals surface area contributed by atoms with E-state index in [0.717, 1.165) is 29.9 Å². The summed E-state index contributed by atoms with van der Waals surface area (Å²) in [6.45, 7) is -0.160. The first-order valence-electron chi connectivity index (χ1n) is 11.7. The van der Waals surface area contributed by atoms with Crippen molar-refractivity contribution >= 4 is 22.9 Å². The standard InChI is InChI=1S/C24H26F3N5O3S/c1-32-21(19-4-3-16(28)15(27)10-35-19)17(9-29-32)30-22(33)18-11-36-23(31-18)20-13(25)7-12(8-14(20)26)24(34)5-2-6-24/h7-9,11,15-16,19,34H,2-6,10,28H2,1H3,(H,30,33)/t15-,16+,19+/m0/s1. The average Bonchev–Trinajstić information content (AvgIpc) is 3.40. The van der Waals surface area contributed by atoms with Crippen LogP contribution in [0.1, 0.15) is 60.0 Å². The van der Waals surface area contributed by atoms with Gasteiger partial charge < -0.3 is 20.9 Å². The zero-order valence-electron chi connectivity index (χ0n) is 19.5. The molecule has 1 aliphatic carbocycles. The fourth-order valence-electron chi connectivity index (χ4n) is 4.61. The van der Waals surface area contributed by atoms with Gasteiger partial charge in [-0.2, -0.15) is 5.10 Å². The molecule has 8 nitrogen and oxygen atoms in total. The summed E-state index contributed by atoms with van der Waals surface area (Å²) in [4.78, 5) is 17.1. The monoisotopic (exact) mass is 521 g/mol. The molecule has 3 aromatic rings. The van der Waals surface area contributed by atoms with Gasteiger partial charge in [0.25, 0.3) is 5.91 Å². The van der Waals surface area contributed by atoms with Crippen molar-refractivity contribution in [2.45, 2.75) is 56.0 Å². The van der Waals surface area contributed by atoms with E-state index in [4.69, 9.17) is 10.5 Å². The highest BCUT2D eigenvalue weighted by molar-refractivity contribution is 7.13. The van der Waals surface area contributed by atoms with Crippen molar-refractivity contribution in [1.82, 2.24) is 14.8 Å². The average molecular weight is 522 g/mol. The van der Waals surface area contributed by atoms with Gasteiger partial charge >= 0.3 is 0 Å². The number of nitrogens with two attached hydrogens (primary N) is 1. The number of halogens is 3. The van der Waals surface area contributed by atoms with Gasteiger partial charge in [-0.15, -0.1) is 11.3 Å². The zero-order valence-corrected chi connectivity index (χ0v) is 20.3. The van der Waals surface area contributed by atoms with Gasteiger partial charge in [-0.05, 0) is 49.8 Å². The molecule has 1 saturated heterocycles. The number of thiazole rings is 1. The van der Waals surface area contributed by atoms with Gasteiger partial charge in [-0.1, -0.05) is 0 Å². The van der Waals surface area contributed by atoms with Gasteiger partial charge in [0.05, 0.1) is 35.3 Å². The van der Waals surface area contributed by atoms with E-state index in [1.165, 1.54) is 11.6 Å². The number of ether oxygens (including phenoxy) is 1. The number of amides is 1. The van der Waals surface area contributed by atoms with Crippen molar-refractivity contribution < 1.29 is 27.8 Å². The van der Waals surface area contributed by atoms with Crippen LogP contribution in [0, 0.1) is 11.6 Å². The van der Waals surface area contributed by atoms with Crippen LogP contribution >= 0.6 is 11.3 Å². The lowest BCUT2D eigenvalue weighted by Gasteiger charge is -2.37. The van der Waals surface area contributed by atoms with Crippen molar-refractivity contribution in [3.63, 3.8) is 0 Å². The summed E-state index contributed by atoms with van der Waals surface area (Å²) in [6.07, 6.45) is 2.22. The van der Waals surface area contributed by atoms with Gasteiger partial charge in [0.2, 0.25) is 0 Å². The molecule has 36 heavy (non-hydrogen) atoms. The Morgan fingerprint density at radius 2 is 2.03 bits per heavy atom. The second-order valence-corrected chi connectivity index (χ2v) is 10.2. The Bertz CT molecular complexity index is 1260. The molecular formula is C24H26F3N5O3S. The maximum Gasteiger partial charge on any atom is 0.275 e. The molecule has 2 aliphatic rings. The highest BCUT2D eigenvalue weighted by atomic mass is 32.1. The number of carbonyl (C=O) groups is 1. The second kappa shape index (κ2) is 9.58. The molecule has 2 fully saturated rings. The van der Waals surface area contributed by atoms with Gasteiger partial charge in [-0.3, -0.25) is 9.48 Å². The third kappa shape index (κ3) is 4.54. The molecule has 0 bridgehead atoms. The second-order valence-electron chi connectivity index (χ2n) is 9.34. The number of hydrogen-bond acceptors (Lipinski definition) is 7. The molecule has 1 aromatic carbocycles. The molecule has 1 amide bonds. The predicted octanol–water partition coefficient (Wildman–Crippen LogP) is 3.96. The predicted molar refractivity (Wildman–Crippen MR) is 127 cm³/mol. The van der Waals surface area contributed by atoms with E-state index in [9.17, 15) is 23.1 Å². The summed E-state index contributed by atoms with van der Waals surface area (Å²) >= 11 is 0.928. The van der Waals surface area contributed by atoms with Crippen LogP contribution in [0.3, 0.4) is 0 Å². The Morgan fingerprint density at radius 3 is 2.69 bits per heavy atom. The van der Waals surface area contributed by atoms with Crippen LogP contribution in [-0.4, -0.2) is 44.6 Å². The molecule has 5 rings (SSSR count).